The lowest BCUT2D eigenvalue weighted by molar-refractivity contribution is -0.120. The molecule has 0 saturated carbocycles. The number of amides is 2. The van der Waals surface area contributed by atoms with E-state index in [-0.39, 0.29) is 42.4 Å². The van der Waals surface area contributed by atoms with Crippen LogP contribution in [0.3, 0.4) is 0 Å². The minimum atomic E-state index is -0.311. The molecule has 31 heavy (non-hydrogen) atoms. The van der Waals surface area contributed by atoms with Crippen molar-refractivity contribution in [2.24, 2.45) is 11.8 Å². The van der Waals surface area contributed by atoms with Gasteiger partial charge < -0.3 is 30.3 Å². The Hall–Kier alpha value is -2.16. The number of aliphatic hydroxyl groups is 1. The fraction of sp³-hybridized carbons (Fsp3) is 0.652. The van der Waals surface area contributed by atoms with Crippen molar-refractivity contribution in [1.29, 1.82) is 0 Å². The van der Waals surface area contributed by atoms with Crippen LogP contribution in [0.2, 0.25) is 0 Å². The first-order valence-corrected chi connectivity index (χ1v) is 11.2. The van der Waals surface area contributed by atoms with Crippen LogP contribution < -0.4 is 15.4 Å². The Morgan fingerprint density at radius 3 is 2.71 bits per heavy atom. The number of rotatable bonds is 6. The zero-order chi connectivity index (χ0) is 22.5. The van der Waals surface area contributed by atoms with Gasteiger partial charge in [-0.3, -0.25) is 9.59 Å². The van der Waals surface area contributed by atoms with Gasteiger partial charge in [-0.2, -0.15) is 0 Å². The van der Waals surface area contributed by atoms with Crippen molar-refractivity contribution in [3.05, 3.63) is 23.8 Å². The number of nitrogens with zero attached hydrogens (tertiary/aromatic N) is 2. The maximum absolute atomic E-state index is 13.4. The van der Waals surface area contributed by atoms with Gasteiger partial charge >= 0.3 is 0 Å². The first-order valence-electron chi connectivity index (χ1n) is 11.2. The lowest BCUT2D eigenvalue weighted by atomic mass is 9.96. The van der Waals surface area contributed by atoms with E-state index in [1.165, 1.54) is 0 Å². The smallest absolute Gasteiger partial charge is 0.258 e. The van der Waals surface area contributed by atoms with Crippen molar-refractivity contribution in [2.75, 3.05) is 52.2 Å². The van der Waals surface area contributed by atoms with Crippen molar-refractivity contribution in [3.63, 3.8) is 0 Å². The number of hydrogen-bond donors (Lipinski definition) is 3. The standard InChI is InChI=1S/C23H36N4O4/c1-15-12-27(16(2)14-28)23(30)18-6-5-7-19(21(18)31-20(15)13-26(3)4)25-22(29)17-8-10-24-11-9-17/h5-7,15-17,20,24,28H,8-14H2,1-4H3,(H,25,29). The third-order valence-corrected chi connectivity index (χ3v) is 6.20. The van der Waals surface area contributed by atoms with Crippen molar-refractivity contribution in [3.8, 4) is 5.75 Å². The molecular formula is C23H36N4O4. The van der Waals surface area contributed by atoms with E-state index in [1.54, 1.807) is 23.1 Å². The van der Waals surface area contributed by atoms with Crippen LogP contribution in [-0.4, -0.2) is 85.7 Å². The summed E-state index contributed by atoms with van der Waals surface area (Å²) in [5, 5.41) is 16.0. The number of fused-ring (bicyclic) bond motifs is 1. The fourth-order valence-corrected chi connectivity index (χ4v) is 4.24. The minimum Gasteiger partial charge on any atom is -0.486 e. The van der Waals surface area contributed by atoms with Crippen LogP contribution in [0.25, 0.3) is 0 Å². The second kappa shape index (κ2) is 10.4. The predicted molar refractivity (Wildman–Crippen MR) is 120 cm³/mol. The molecule has 1 fully saturated rings. The van der Waals surface area contributed by atoms with Crippen molar-refractivity contribution >= 4 is 17.5 Å². The third kappa shape index (κ3) is 5.56. The number of nitrogens with one attached hydrogen (secondary N) is 2. The number of benzene rings is 1. The maximum atomic E-state index is 13.4. The molecule has 2 heterocycles. The van der Waals surface area contributed by atoms with Crippen molar-refractivity contribution in [1.82, 2.24) is 15.1 Å². The first-order chi connectivity index (χ1) is 14.8. The highest BCUT2D eigenvalue weighted by atomic mass is 16.5. The molecule has 3 unspecified atom stereocenters. The Kier molecular flexibility index (Phi) is 7.91. The largest absolute Gasteiger partial charge is 0.486 e. The van der Waals surface area contributed by atoms with E-state index in [1.807, 2.05) is 21.0 Å². The van der Waals surface area contributed by atoms with E-state index < -0.39 is 0 Å². The van der Waals surface area contributed by atoms with Gasteiger partial charge in [-0.1, -0.05) is 13.0 Å². The number of aliphatic hydroxyl groups excluding tert-OH is 1. The Labute approximate surface area is 184 Å². The van der Waals surface area contributed by atoms with E-state index in [4.69, 9.17) is 4.74 Å². The van der Waals surface area contributed by atoms with Crippen molar-refractivity contribution in [2.45, 2.75) is 38.8 Å². The molecule has 8 nitrogen and oxygen atoms in total. The van der Waals surface area contributed by atoms with Crippen LogP contribution in [-0.2, 0) is 4.79 Å². The van der Waals surface area contributed by atoms with E-state index in [9.17, 15) is 14.7 Å². The topological polar surface area (TPSA) is 94.1 Å². The molecular weight excluding hydrogens is 396 g/mol. The molecule has 2 aliphatic rings. The first kappa shape index (κ1) is 23.5. The molecule has 0 aliphatic carbocycles. The average Bonchev–Trinajstić information content (AvgIpc) is 2.76. The second-order valence-corrected chi connectivity index (χ2v) is 9.08. The van der Waals surface area contributed by atoms with Gasteiger partial charge in [-0.05, 0) is 59.1 Å². The van der Waals surface area contributed by atoms with Crippen LogP contribution in [0.5, 0.6) is 5.75 Å². The van der Waals surface area contributed by atoms with Gasteiger partial charge in [0.2, 0.25) is 5.91 Å². The summed E-state index contributed by atoms with van der Waals surface area (Å²) >= 11 is 0. The average molecular weight is 433 g/mol. The Balaban J connectivity index is 1.97. The third-order valence-electron chi connectivity index (χ3n) is 6.20. The summed E-state index contributed by atoms with van der Waals surface area (Å²) in [5.74, 6) is 0.184. The molecule has 0 bridgehead atoms. The Morgan fingerprint density at radius 1 is 1.35 bits per heavy atom. The number of anilines is 1. The monoisotopic (exact) mass is 432 g/mol. The molecule has 3 atom stereocenters. The van der Waals surface area contributed by atoms with Gasteiger partial charge in [0.1, 0.15) is 6.10 Å². The number of carbonyl (C=O) groups excluding carboxylic acids is 2. The Bertz CT molecular complexity index is 779. The molecule has 3 N–H and O–H groups in total. The second-order valence-electron chi connectivity index (χ2n) is 9.08. The summed E-state index contributed by atoms with van der Waals surface area (Å²) < 4.78 is 6.43. The molecule has 3 rings (SSSR count). The van der Waals surface area contributed by atoms with E-state index in [0.717, 1.165) is 25.9 Å². The van der Waals surface area contributed by atoms with Gasteiger partial charge in [-0.25, -0.2) is 0 Å². The number of hydrogen-bond acceptors (Lipinski definition) is 6. The highest BCUT2D eigenvalue weighted by Gasteiger charge is 2.34. The van der Waals surface area contributed by atoms with Gasteiger partial charge in [0.05, 0.1) is 23.9 Å². The zero-order valence-corrected chi connectivity index (χ0v) is 19.1. The molecule has 1 aromatic carbocycles. The highest BCUT2D eigenvalue weighted by molar-refractivity contribution is 6.02. The number of likely N-dealkylation sites (N-methyl/N-ethyl adjacent to an activating group) is 1. The maximum Gasteiger partial charge on any atom is 0.258 e. The molecule has 1 aromatic rings. The van der Waals surface area contributed by atoms with Crippen LogP contribution in [0.1, 0.15) is 37.0 Å². The van der Waals surface area contributed by atoms with Gasteiger partial charge in [-0.15, -0.1) is 0 Å². The minimum absolute atomic E-state index is 0.0363. The predicted octanol–water partition coefficient (Wildman–Crippen LogP) is 1.41. The molecule has 2 aliphatic heterocycles. The summed E-state index contributed by atoms with van der Waals surface area (Å²) in [6.45, 7) is 6.61. The van der Waals surface area contributed by atoms with E-state index >= 15 is 0 Å². The molecule has 172 valence electrons. The van der Waals surface area contributed by atoms with Crippen LogP contribution in [0.4, 0.5) is 5.69 Å². The summed E-state index contributed by atoms with van der Waals surface area (Å²) in [4.78, 5) is 30.1. The summed E-state index contributed by atoms with van der Waals surface area (Å²) in [6.07, 6.45) is 1.41. The van der Waals surface area contributed by atoms with E-state index in [2.05, 4.69) is 22.5 Å². The van der Waals surface area contributed by atoms with Crippen LogP contribution >= 0.6 is 0 Å². The van der Waals surface area contributed by atoms with Crippen LogP contribution in [0.15, 0.2) is 18.2 Å². The number of piperidine rings is 1. The number of ether oxygens (including phenoxy) is 1. The van der Waals surface area contributed by atoms with E-state index in [0.29, 0.717) is 30.1 Å². The summed E-state index contributed by atoms with van der Waals surface area (Å²) in [6, 6.07) is 4.99. The summed E-state index contributed by atoms with van der Waals surface area (Å²) in [5.41, 5.74) is 0.947. The molecule has 1 saturated heterocycles. The lowest BCUT2D eigenvalue weighted by Crippen LogP contribution is -2.49. The number of para-hydroxylation sites is 1. The Morgan fingerprint density at radius 2 is 2.06 bits per heavy atom. The highest BCUT2D eigenvalue weighted by Crippen LogP contribution is 2.35. The summed E-state index contributed by atoms with van der Waals surface area (Å²) in [7, 11) is 3.97. The van der Waals surface area contributed by atoms with Gasteiger partial charge in [0.25, 0.3) is 5.91 Å². The van der Waals surface area contributed by atoms with Gasteiger partial charge in [0, 0.05) is 24.9 Å². The number of carbonyl (C=O) groups is 2. The van der Waals surface area contributed by atoms with Gasteiger partial charge in [0.15, 0.2) is 5.75 Å². The fourth-order valence-electron chi connectivity index (χ4n) is 4.24. The van der Waals surface area contributed by atoms with Crippen LogP contribution in [0, 0.1) is 11.8 Å². The normalized spacial score (nSPS) is 23.5. The van der Waals surface area contributed by atoms with Crippen molar-refractivity contribution < 1.29 is 19.4 Å². The quantitative estimate of drug-likeness (QED) is 0.629. The molecule has 8 heteroatoms. The zero-order valence-electron chi connectivity index (χ0n) is 19.1. The molecule has 0 spiro atoms. The lowest BCUT2D eigenvalue weighted by Gasteiger charge is -2.38. The molecule has 2 amide bonds. The molecule has 0 aromatic heterocycles. The molecule has 0 radical (unpaired) electrons. The SMILES string of the molecule is CC1CN(C(C)CO)C(=O)c2cccc(NC(=O)C3CCNCC3)c2OC1CN(C)C.